The largest absolute Gasteiger partial charge is 0.489 e. The summed E-state index contributed by atoms with van der Waals surface area (Å²) in [6, 6.07) is 15.6. The summed E-state index contributed by atoms with van der Waals surface area (Å²) >= 11 is 0. The maximum Gasteiger partial charge on any atom is 0.170 e. The van der Waals surface area contributed by atoms with Gasteiger partial charge in [0.05, 0.1) is 0 Å². The number of ether oxygens (including phenoxy) is 1. The van der Waals surface area contributed by atoms with Gasteiger partial charge in [-0.05, 0) is 18.6 Å². The molecule has 0 radical (unpaired) electrons. The zero-order valence-electron chi connectivity index (χ0n) is 11.7. The van der Waals surface area contributed by atoms with Crippen LogP contribution < -0.4 is 10.5 Å². The van der Waals surface area contributed by atoms with Crippen molar-refractivity contribution in [1.29, 1.82) is 0 Å². The van der Waals surface area contributed by atoms with E-state index in [0.717, 1.165) is 22.4 Å². The molecule has 2 rings (SSSR count). The predicted octanol–water partition coefficient (Wildman–Crippen LogP) is 2.84. The van der Waals surface area contributed by atoms with Gasteiger partial charge in [-0.15, -0.1) is 0 Å². The molecule has 0 aliphatic heterocycles. The topological polar surface area (TPSA) is 56.8 Å². The lowest BCUT2D eigenvalue weighted by atomic mass is 10.1. The van der Waals surface area contributed by atoms with Gasteiger partial charge in [-0.1, -0.05) is 47.6 Å². The number of amidine groups is 1. The van der Waals surface area contributed by atoms with Gasteiger partial charge in [-0.3, -0.25) is 0 Å². The molecular formula is C16H18N2O2. The molecule has 0 aromatic heterocycles. The Hall–Kier alpha value is -2.49. The van der Waals surface area contributed by atoms with Crippen LogP contribution in [0.25, 0.3) is 0 Å². The minimum Gasteiger partial charge on any atom is -0.489 e. The number of para-hydroxylation sites is 1. The van der Waals surface area contributed by atoms with Crippen LogP contribution in [0.2, 0.25) is 0 Å². The number of hydrogen-bond acceptors (Lipinski definition) is 3. The Morgan fingerprint density at radius 3 is 2.55 bits per heavy atom. The maximum absolute atomic E-state index is 5.87. The lowest BCUT2D eigenvalue weighted by molar-refractivity contribution is 0.213. The molecule has 2 aromatic rings. The van der Waals surface area contributed by atoms with E-state index >= 15 is 0 Å². The first-order valence-electron chi connectivity index (χ1n) is 6.35. The molecule has 0 amide bonds. The third-order valence-corrected chi connectivity index (χ3v) is 2.96. The summed E-state index contributed by atoms with van der Waals surface area (Å²) in [5.41, 5.74) is 8.76. The van der Waals surface area contributed by atoms with Crippen molar-refractivity contribution < 1.29 is 9.57 Å². The lowest BCUT2D eigenvalue weighted by Gasteiger charge is -2.12. The van der Waals surface area contributed by atoms with Crippen LogP contribution in [0.4, 0.5) is 0 Å². The van der Waals surface area contributed by atoms with E-state index in [1.54, 1.807) is 0 Å². The average molecular weight is 270 g/mol. The lowest BCUT2D eigenvalue weighted by Crippen LogP contribution is -2.16. The molecule has 2 aromatic carbocycles. The Kier molecular flexibility index (Phi) is 4.60. The van der Waals surface area contributed by atoms with Gasteiger partial charge in [0, 0.05) is 11.1 Å². The van der Waals surface area contributed by atoms with Crippen LogP contribution in [0, 0.1) is 6.92 Å². The van der Waals surface area contributed by atoms with Gasteiger partial charge in [0.15, 0.2) is 5.84 Å². The van der Waals surface area contributed by atoms with Gasteiger partial charge in [0.1, 0.15) is 19.5 Å². The Labute approximate surface area is 118 Å². The molecule has 0 spiro atoms. The van der Waals surface area contributed by atoms with E-state index in [1.807, 2.05) is 55.5 Å². The van der Waals surface area contributed by atoms with Crippen molar-refractivity contribution in [1.82, 2.24) is 0 Å². The van der Waals surface area contributed by atoms with Crippen LogP contribution in [0.5, 0.6) is 5.75 Å². The van der Waals surface area contributed by atoms with E-state index in [0.29, 0.717) is 12.4 Å². The second-order valence-corrected chi connectivity index (χ2v) is 4.37. The van der Waals surface area contributed by atoms with E-state index in [-0.39, 0.29) is 0 Å². The molecule has 0 aliphatic rings. The Balaban J connectivity index is 2.18. The summed E-state index contributed by atoms with van der Waals surface area (Å²) in [5.74, 6) is 1.21. The van der Waals surface area contributed by atoms with E-state index in [9.17, 15) is 0 Å². The van der Waals surface area contributed by atoms with Gasteiger partial charge in [0.25, 0.3) is 0 Å². The molecule has 0 fully saturated rings. The quantitative estimate of drug-likeness (QED) is 0.516. The minimum absolute atomic E-state index is 0.344. The van der Waals surface area contributed by atoms with Crippen molar-refractivity contribution in [3.63, 3.8) is 0 Å². The summed E-state index contributed by atoms with van der Waals surface area (Å²) in [6.45, 7) is 2.45. The van der Waals surface area contributed by atoms with Gasteiger partial charge in [-0.25, -0.2) is 0 Å². The number of nitrogens with zero attached hydrogens (tertiary/aromatic N) is 1. The number of benzene rings is 2. The molecule has 0 bridgehead atoms. The molecule has 104 valence electrons. The molecular weight excluding hydrogens is 252 g/mol. The summed E-state index contributed by atoms with van der Waals surface area (Å²) in [7, 11) is 1.47. The Morgan fingerprint density at radius 1 is 1.10 bits per heavy atom. The van der Waals surface area contributed by atoms with Gasteiger partial charge < -0.3 is 15.3 Å². The summed E-state index contributed by atoms with van der Waals surface area (Å²) < 4.78 is 5.84. The van der Waals surface area contributed by atoms with Gasteiger partial charge in [0.2, 0.25) is 0 Å². The van der Waals surface area contributed by atoms with Crippen LogP contribution in [0.1, 0.15) is 16.7 Å². The SMILES string of the molecule is CON=C(N)c1ccccc1COc1ccccc1C. The van der Waals surface area contributed by atoms with Gasteiger partial charge in [-0.2, -0.15) is 0 Å². The second-order valence-electron chi connectivity index (χ2n) is 4.37. The van der Waals surface area contributed by atoms with Crippen molar-refractivity contribution in [2.75, 3.05) is 7.11 Å². The molecule has 0 atom stereocenters. The van der Waals surface area contributed by atoms with E-state index in [2.05, 4.69) is 5.16 Å². The third-order valence-electron chi connectivity index (χ3n) is 2.96. The maximum atomic E-state index is 5.87. The van der Waals surface area contributed by atoms with E-state index < -0.39 is 0 Å². The Bertz CT molecular complexity index is 609. The normalized spacial score (nSPS) is 11.2. The highest BCUT2D eigenvalue weighted by Crippen LogP contribution is 2.19. The number of aryl methyl sites for hydroxylation is 1. The highest BCUT2D eigenvalue weighted by Gasteiger charge is 2.07. The Morgan fingerprint density at radius 2 is 1.80 bits per heavy atom. The number of nitrogens with two attached hydrogens (primary N) is 1. The molecule has 4 nitrogen and oxygen atoms in total. The highest BCUT2D eigenvalue weighted by atomic mass is 16.6. The number of oxime groups is 1. The highest BCUT2D eigenvalue weighted by molar-refractivity contribution is 5.98. The molecule has 0 unspecified atom stereocenters. The van der Waals surface area contributed by atoms with Crippen molar-refractivity contribution in [2.24, 2.45) is 10.9 Å². The first kappa shape index (κ1) is 13.9. The molecule has 0 saturated carbocycles. The fourth-order valence-corrected chi connectivity index (χ4v) is 1.92. The van der Waals surface area contributed by atoms with Crippen LogP contribution in [0.3, 0.4) is 0 Å². The monoisotopic (exact) mass is 270 g/mol. The second kappa shape index (κ2) is 6.61. The fraction of sp³-hybridized carbons (Fsp3) is 0.188. The van der Waals surface area contributed by atoms with Crippen molar-refractivity contribution in [3.8, 4) is 5.75 Å². The van der Waals surface area contributed by atoms with E-state index in [1.165, 1.54) is 7.11 Å². The average Bonchev–Trinajstić information content (AvgIpc) is 2.47. The number of hydrogen-bond donors (Lipinski definition) is 1. The zero-order valence-corrected chi connectivity index (χ0v) is 11.7. The fourth-order valence-electron chi connectivity index (χ4n) is 1.92. The smallest absolute Gasteiger partial charge is 0.170 e. The first-order valence-corrected chi connectivity index (χ1v) is 6.35. The number of rotatable bonds is 5. The zero-order chi connectivity index (χ0) is 14.4. The molecule has 20 heavy (non-hydrogen) atoms. The summed E-state index contributed by atoms with van der Waals surface area (Å²) in [5, 5.41) is 3.77. The van der Waals surface area contributed by atoms with Crippen LogP contribution in [-0.4, -0.2) is 12.9 Å². The minimum atomic E-state index is 0.344. The van der Waals surface area contributed by atoms with Crippen LogP contribution in [0.15, 0.2) is 53.7 Å². The van der Waals surface area contributed by atoms with Crippen LogP contribution in [-0.2, 0) is 11.4 Å². The third kappa shape index (κ3) is 3.29. The van der Waals surface area contributed by atoms with Gasteiger partial charge >= 0.3 is 0 Å². The molecule has 2 N–H and O–H groups in total. The van der Waals surface area contributed by atoms with E-state index in [4.69, 9.17) is 15.3 Å². The van der Waals surface area contributed by atoms with Crippen molar-refractivity contribution in [2.45, 2.75) is 13.5 Å². The first-order chi connectivity index (χ1) is 9.72. The molecule has 4 heteroatoms. The van der Waals surface area contributed by atoms with Crippen LogP contribution >= 0.6 is 0 Å². The molecule has 0 saturated heterocycles. The summed E-state index contributed by atoms with van der Waals surface area (Å²) in [4.78, 5) is 4.72. The predicted molar refractivity (Wildman–Crippen MR) is 79.7 cm³/mol. The molecule has 0 heterocycles. The van der Waals surface area contributed by atoms with Crippen molar-refractivity contribution >= 4 is 5.84 Å². The summed E-state index contributed by atoms with van der Waals surface area (Å²) in [6.07, 6.45) is 0. The molecule has 0 aliphatic carbocycles. The standard InChI is InChI=1S/C16H18N2O2/c1-12-7-3-6-10-15(12)20-11-13-8-4-5-9-14(13)16(17)18-19-2/h3-10H,11H2,1-2H3,(H2,17,18). The van der Waals surface area contributed by atoms with Crippen molar-refractivity contribution in [3.05, 3.63) is 65.2 Å².